The molecule has 2 aliphatic rings. The highest BCUT2D eigenvalue weighted by molar-refractivity contribution is 8.00. The number of thioether (sulfide) groups is 1. The Bertz CT molecular complexity index is 1110. The van der Waals surface area contributed by atoms with Crippen LogP contribution in [0.4, 0.5) is 4.39 Å². The highest BCUT2D eigenvalue weighted by Gasteiger charge is 2.35. The van der Waals surface area contributed by atoms with E-state index in [1.165, 1.54) is 42.3 Å². The van der Waals surface area contributed by atoms with Crippen molar-refractivity contribution in [3.63, 3.8) is 0 Å². The summed E-state index contributed by atoms with van der Waals surface area (Å²) in [5, 5.41) is 5.92. The van der Waals surface area contributed by atoms with Crippen molar-refractivity contribution in [2.24, 2.45) is 0 Å². The third-order valence-corrected chi connectivity index (χ3v) is 6.48. The van der Waals surface area contributed by atoms with E-state index >= 15 is 0 Å². The van der Waals surface area contributed by atoms with Gasteiger partial charge in [-0.15, -0.1) is 0 Å². The van der Waals surface area contributed by atoms with Crippen molar-refractivity contribution in [1.82, 2.24) is 24.6 Å². The van der Waals surface area contributed by atoms with Gasteiger partial charge in [0.2, 0.25) is 5.91 Å². The molecule has 0 unspecified atom stereocenters. The van der Waals surface area contributed by atoms with Crippen LogP contribution in [0.5, 0.6) is 0 Å². The fraction of sp³-hybridized carbons (Fsp3) is 0.364. The number of rotatable bonds is 6. The van der Waals surface area contributed by atoms with E-state index < -0.39 is 0 Å². The predicted octanol–water partition coefficient (Wildman–Crippen LogP) is 4.50. The van der Waals surface area contributed by atoms with Crippen molar-refractivity contribution < 1.29 is 9.18 Å². The Morgan fingerprint density at radius 3 is 2.77 bits per heavy atom. The van der Waals surface area contributed by atoms with Gasteiger partial charge in [0.05, 0.1) is 23.0 Å². The molecule has 2 aromatic heterocycles. The smallest absolute Gasteiger partial charge is 0.237 e. The molecule has 6 nitrogen and oxygen atoms in total. The number of halogens is 1. The molecular formula is C22H22FN5OS. The Kier molecular flexibility index (Phi) is 5.25. The van der Waals surface area contributed by atoms with Crippen LogP contribution in [0.25, 0.3) is 16.7 Å². The minimum absolute atomic E-state index is 0.147. The first-order chi connectivity index (χ1) is 14.7. The maximum atomic E-state index is 13.2. The van der Waals surface area contributed by atoms with Crippen LogP contribution >= 0.6 is 11.8 Å². The van der Waals surface area contributed by atoms with Gasteiger partial charge in [0, 0.05) is 11.7 Å². The summed E-state index contributed by atoms with van der Waals surface area (Å²) in [6.07, 6.45) is 12.0. The molecule has 0 aliphatic heterocycles. The summed E-state index contributed by atoms with van der Waals surface area (Å²) in [5.74, 6) is 0.183. The number of carbonyl (C=O) groups excluding carboxylic acids is 1. The predicted molar refractivity (Wildman–Crippen MR) is 114 cm³/mol. The first-order valence-corrected chi connectivity index (χ1v) is 11.3. The van der Waals surface area contributed by atoms with Gasteiger partial charge >= 0.3 is 0 Å². The van der Waals surface area contributed by atoms with Crippen LogP contribution < -0.4 is 0 Å². The lowest BCUT2D eigenvalue weighted by Gasteiger charge is -2.27. The van der Waals surface area contributed by atoms with Crippen LogP contribution in [-0.2, 0) is 4.79 Å². The quantitative estimate of drug-likeness (QED) is 0.432. The largest absolute Gasteiger partial charge is 0.313 e. The van der Waals surface area contributed by atoms with Crippen LogP contribution in [-0.4, -0.2) is 42.4 Å². The number of fused-ring (bicyclic) bond motifs is 1. The van der Waals surface area contributed by atoms with E-state index in [1.807, 2.05) is 4.90 Å². The molecule has 0 spiro atoms. The van der Waals surface area contributed by atoms with Gasteiger partial charge in [-0.25, -0.2) is 19.0 Å². The van der Waals surface area contributed by atoms with E-state index in [2.05, 4.69) is 21.1 Å². The standard InChI is InChI=1S/C22H22FN5OS/c23-15-6-8-18(9-7-15)28-21-19(12-26-28)22(25-14-24-21)30-13-20(29)27(17-10-11-17)16-4-2-1-3-5-16/h4,6-9,12,14,17H,1-3,5,10-11,13H2. The van der Waals surface area contributed by atoms with E-state index in [0.29, 0.717) is 17.4 Å². The highest BCUT2D eigenvalue weighted by atomic mass is 32.2. The van der Waals surface area contributed by atoms with E-state index in [9.17, 15) is 9.18 Å². The zero-order valence-corrected chi connectivity index (χ0v) is 17.3. The molecule has 2 heterocycles. The molecule has 0 radical (unpaired) electrons. The molecule has 8 heteroatoms. The lowest BCUT2D eigenvalue weighted by molar-refractivity contribution is -0.127. The average molecular weight is 424 g/mol. The van der Waals surface area contributed by atoms with Gasteiger partial charge in [0.25, 0.3) is 0 Å². The zero-order chi connectivity index (χ0) is 20.5. The van der Waals surface area contributed by atoms with Gasteiger partial charge in [0.15, 0.2) is 5.65 Å². The minimum Gasteiger partial charge on any atom is -0.313 e. The molecule has 1 saturated carbocycles. The van der Waals surface area contributed by atoms with Crippen molar-refractivity contribution >= 4 is 28.7 Å². The number of benzene rings is 1. The Hall–Kier alpha value is -2.74. The molecule has 5 rings (SSSR count). The molecule has 1 aromatic carbocycles. The van der Waals surface area contributed by atoms with Gasteiger partial charge in [-0.05, 0) is 62.8 Å². The summed E-state index contributed by atoms with van der Waals surface area (Å²) in [4.78, 5) is 23.8. The Morgan fingerprint density at radius 1 is 1.20 bits per heavy atom. The van der Waals surface area contributed by atoms with Crippen molar-refractivity contribution in [3.05, 3.63) is 54.4 Å². The maximum Gasteiger partial charge on any atom is 0.237 e. The molecule has 0 bridgehead atoms. The summed E-state index contributed by atoms with van der Waals surface area (Å²) in [7, 11) is 0. The van der Waals surface area contributed by atoms with Gasteiger partial charge in [-0.2, -0.15) is 5.10 Å². The van der Waals surface area contributed by atoms with Crippen LogP contribution in [0.2, 0.25) is 0 Å². The van der Waals surface area contributed by atoms with Crippen molar-refractivity contribution in [1.29, 1.82) is 0 Å². The fourth-order valence-corrected chi connectivity index (χ4v) is 4.70. The Labute approximate surface area is 178 Å². The lowest BCUT2D eigenvalue weighted by Crippen LogP contribution is -2.34. The molecule has 154 valence electrons. The van der Waals surface area contributed by atoms with Crippen LogP contribution in [0.3, 0.4) is 0 Å². The minimum atomic E-state index is -0.298. The Morgan fingerprint density at radius 2 is 2.03 bits per heavy atom. The summed E-state index contributed by atoms with van der Waals surface area (Å²) in [5.41, 5.74) is 2.56. The highest BCUT2D eigenvalue weighted by Crippen LogP contribution is 2.35. The third kappa shape index (κ3) is 3.84. The Balaban J connectivity index is 1.36. The topological polar surface area (TPSA) is 63.9 Å². The van der Waals surface area contributed by atoms with E-state index in [-0.39, 0.29) is 11.7 Å². The first-order valence-electron chi connectivity index (χ1n) is 10.3. The van der Waals surface area contributed by atoms with E-state index in [0.717, 1.165) is 48.2 Å². The summed E-state index contributed by atoms with van der Waals surface area (Å²) in [6, 6.07) is 6.47. The second kappa shape index (κ2) is 8.18. The second-order valence-electron chi connectivity index (χ2n) is 7.67. The van der Waals surface area contributed by atoms with E-state index in [1.54, 1.807) is 23.0 Å². The first kappa shape index (κ1) is 19.2. The molecule has 0 atom stereocenters. The molecule has 0 N–H and O–H groups in total. The number of hydrogen-bond donors (Lipinski definition) is 0. The number of hydrogen-bond acceptors (Lipinski definition) is 5. The summed E-state index contributed by atoms with van der Waals surface area (Å²) in [6.45, 7) is 0. The van der Waals surface area contributed by atoms with Crippen molar-refractivity contribution in [2.45, 2.75) is 49.6 Å². The van der Waals surface area contributed by atoms with E-state index in [4.69, 9.17) is 0 Å². The molecule has 0 saturated heterocycles. The summed E-state index contributed by atoms with van der Waals surface area (Å²) < 4.78 is 14.9. The molecule has 1 fully saturated rings. The second-order valence-corrected chi connectivity index (χ2v) is 8.64. The summed E-state index contributed by atoms with van der Waals surface area (Å²) >= 11 is 1.42. The molecule has 1 amide bonds. The molecule has 2 aliphatic carbocycles. The number of allylic oxidation sites excluding steroid dienone is 2. The van der Waals surface area contributed by atoms with Gasteiger partial charge in [0.1, 0.15) is 17.2 Å². The normalized spacial score (nSPS) is 16.5. The van der Waals surface area contributed by atoms with Crippen LogP contribution in [0, 0.1) is 5.82 Å². The average Bonchev–Trinajstić information content (AvgIpc) is 3.51. The van der Waals surface area contributed by atoms with Crippen LogP contribution in [0.1, 0.15) is 38.5 Å². The maximum absolute atomic E-state index is 13.2. The third-order valence-electron chi connectivity index (χ3n) is 5.49. The monoisotopic (exact) mass is 423 g/mol. The molecule has 30 heavy (non-hydrogen) atoms. The fourth-order valence-electron chi connectivity index (χ4n) is 3.88. The number of aromatic nitrogens is 4. The van der Waals surface area contributed by atoms with Gasteiger partial charge < -0.3 is 4.90 Å². The van der Waals surface area contributed by atoms with Gasteiger partial charge in [-0.3, -0.25) is 4.79 Å². The zero-order valence-electron chi connectivity index (χ0n) is 16.5. The van der Waals surface area contributed by atoms with Crippen molar-refractivity contribution in [2.75, 3.05) is 5.75 Å². The van der Waals surface area contributed by atoms with Crippen LogP contribution in [0.15, 0.2) is 53.6 Å². The van der Waals surface area contributed by atoms with Gasteiger partial charge in [-0.1, -0.05) is 17.8 Å². The molecule has 3 aromatic rings. The molecular weight excluding hydrogens is 401 g/mol. The van der Waals surface area contributed by atoms with Crippen molar-refractivity contribution in [3.8, 4) is 5.69 Å². The lowest BCUT2D eigenvalue weighted by atomic mass is 10.0. The number of carbonyl (C=O) groups is 1. The number of amides is 1. The SMILES string of the molecule is O=C(CSc1ncnc2c1cnn2-c1ccc(F)cc1)N(C1=CCCCC1)C1CC1. The number of nitrogens with zero attached hydrogens (tertiary/aromatic N) is 5.